The predicted molar refractivity (Wildman–Crippen MR) is 73.3 cm³/mol. The van der Waals surface area contributed by atoms with Gasteiger partial charge in [0.15, 0.2) is 0 Å². The summed E-state index contributed by atoms with van der Waals surface area (Å²) >= 11 is 3.46. The van der Waals surface area contributed by atoms with Crippen molar-refractivity contribution in [1.29, 1.82) is 0 Å². The Morgan fingerprint density at radius 1 is 1.41 bits per heavy atom. The quantitative estimate of drug-likeness (QED) is 0.859. The Balaban J connectivity index is 2.07. The van der Waals surface area contributed by atoms with Crippen molar-refractivity contribution in [2.24, 2.45) is 0 Å². The SMILES string of the molecule is CCCNCc1cnn(-c2cccc(Br)c2)c1. The van der Waals surface area contributed by atoms with Gasteiger partial charge in [-0.2, -0.15) is 5.10 Å². The summed E-state index contributed by atoms with van der Waals surface area (Å²) in [5.41, 5.74) is 2.28. The number of hydrogen-bond donors (Lipinski definition) is 1. The molecule has 0 unspecified atom stereocenters. The second-order valence-corrected chi connectivity index (χ2v) is 4.87. The van der Waals surface area contributed by atoms with Gasteiger partial charge >= 0.3 is 0 Å². The van der Waals surface area contributed by atoms with Gasteiger partial charge < -0.3 is 5.32 Å². The van der Waals surface area contributed by atoms with Crippen molar-refractivity contribution in [3.63, 3.8) is 0 Å². The standard InChI is InChI=1S/C13H16BrN3/c1-2-6-15-8-11-9-16-17(10-11)13-5-3-4-12(14)7-13/h3-5,7,9-10,15H,2,6,8H2,1H3. The minimum atomic E-state index is 0.877. The molecule has 1 N–H and O–H groups in total. The number of hydrogen-bond acceptors (Lipinski definition) is 2. The Hall–Kier alpha value is -1.13. The second kappa shape index (κ2) is 5.98. The largest absolute Gasteiger partial charge is 0.313 e. The van der Waals surface area contributed by atoms with Gasteiger partial charge in [0.2, 0.25) is 0 Å². The normalized spacial score (nSPS) is 10.7. The molecule has 0 radical (unpaired) electrons. The molecule has 0 saturated carbocycles. The van der Waals surface area contributed by atoms with Gasteiger partial charge in [-0.1, -0.05) is 28.9 Å². The molecule has 0 spiro atoms. The lowest BCUT2D eigenvalue weighted by atomic mass is 10.3. The zero-order valence-corrected chi connectivity index (χ0v) is 11.4. The summed E-state index contributed by atoms with van der Waals surface area (Å²) in [6.07, 6.45) is 5.12. The lowest BCUT2D eigenvalue weighted by Gasteiger charge is -2.01. The van der Waals surface area contributed by atoms with Gasteiger partial charge in [0, 0.05) is 22.8 Å². The van der Waals surface area contributed by atoms with E-state index < -0.39 is 0 Å². The molecule has 1 aromatic carbocycles. The molecule has 90 valence electrons. The highest BCUT2D eigenvalue weighted by atomic mass is 79.9. The summed E-state index contributed by atoms with van der Waals surface area (Å²) in [6.45, 7) is 4.09. The molecular weight excluding hydrogens is 278 g/mol. The maximum atomic E-state index is 4.36. The van der Waals surface area contributed by atoms with Crippen LogP contribution in [0.4, 0.5) is 0 Å². The molecule has 0 aliphatic heterocycles. The maximum absolute atomic E-state index is 4.36. The van der Waals surface area contributed by atoms with Crippen LogP contribution >= 0.6 is 15.9 Å². The van der Waals surface area contributed by atoms with Crippen LogP contribution < -0.4 is 5.32 Å². The number of nitrogens with one attached hydrogen (secondary N) is 1. The second-order valence-electron chi connectivity index (χ2n) is 3.95. The fourth-order valence-electron chi connectivity index (χ4n) is 1.62. The summed E-state index contributed by atoms with van der Waals surface area (Å²) in [5.74, 6) is 0. The van der Waals surface area contributed by atoms with Crippen molar-refractivity contribution >= 4 is 15.9 Å². The van der Waals surface area contributed by atoms with E-state index in [-0.39, 0.29) is 0 Å². The van der Waals surface area contributed by atoms with Crippen LogP contribution in [0.25, 0.3) is 5.69 Å². The Morgan fingerprint density at radius 3 is 3.06 bits per heavy atom. The van der Waals surface area contributed by atoms with E-state index in [2.05, 4.69) is 45.5 Å². The molecule has 3 nitrogen and oxygen atoms in total. The smallest absolute Gasteiger partial charge is 0.0656 e. The van der Waals surface area contributed by atoms with Crippen molar-refractivity contribution in [1.82, 2.24) is 15.1 Å². The molecule has 2 aromatic rings. The lowest BCUT2D eigenvalue weighted by molar-refractivity contribution is 0.675. The molecule has 0 saturated heterocycles. The first-order valence-corrected chi connectivity index (χ1v) is 6.59. The average molecular weight is 294 g/mol. The Labute approximate surface area is 110 Å². The van der Waals surface area contributed by atoms with E-state index in [1.54, 1.807) is 0 Å². The number of benzene rings is 1. The summed E-state index contributed by atoms with van der Waals surface area (Å²) in [4.78, 5) is 0. The first-order valence-electron chi connectivity index (χ1n) is 5.80. The van der Waals surface area contributed by atoms with Crippen molar-refractivity contribution < 1.29 is 0 Å². The molecule has 0 fully saturated rings. The van der Waals surface area contributed by atoms with Gasteiger partial charge in [0.05, 0.1) is 11.9 Å². The monoisotopic (exact) mass is 293 g/mol. The summed E-state index contributed by atoms with van der Waals surface area (Å²) in [6, 6.07) is 8.12. The van der Waals surface area contributed by atoms with Gasteiger partial charge in [-0.25, -0.2) is 4.68 Å². The summed E-state index contributed by atoms with van der Waals surface area (Å²) in [5, 5.41) is 7.73. The zero-order valence-electron chi connectivity index (χ0n) is 9.86. The number of aromatic nitrogens is 2. The first kappa shape index (κ1) is 12.3. The van der Waals surface area contributed by atoms with E-state index in [1.807, 2.05) is 29.1 Å². The van der Waals surface area contributed by atoms with E-state index in [0.717, 1.165) is 29.7 Å². The highest BCUT2D eigenvalue weighted by Gasteiger charge is 2.00. The van der Waals surface area contributed by atoms with E-state index in [0.29, 0.717) is 0 Å². The third-order valence-corrected chi connectivity index (χ3v) is 2.96. The number of nitrogens with zero attached hydrogens (tertiary/aromatic N) is 2. The molecule has 4 heteroatoms. The van der Waals surface area contributed by atoms with E-state index in [4.69, 9.17) is 0 Å². The third kappa shape index (κ3) is 3.41. The fraction of sp³-hybridized carbons (Fsp3) is 0.308. The minimum Gasteiger partial charge on any atom is -0.313 e. The Bertz CT molecular complexity index is 479. The molecule has 1 aromatic heterocycles. The van der Waals surface area contributed by atoms with Crippen LogP contribution in [0.1, 0.15) is 18.9 Å². The highest BCUT2D eigenvalue weighted by Crippen LogP contribution is 2.15. The molecule has 0 bridgehead atoms. The summed E-state index contributed by atoms with van der Waals surface area (Å²) in [7, 11) is 0. The maximum Gasteiger partial charge on any atom is 0.0656 e. The van der Waals surface area contributed by atoms with Gasteiger partial charge in [-0.3, -0.25) is 0 Å². The highest BCUT2D eigenvalue weighted by molar-refractivity contribution is 9.10. The van der Waals surface area contributed by atoms with Crippen molar-refractivity contribution in [2.45, 2.75) is 19.9 Å². The number of rotatable bonds is 5. The topological polar surface area (TPSA) is 29.9 Å². The summed E-state index contributed by atoms with van der Waals surface area (Å²) < 4.78 is 2.96. The minimum absolute atomic E-state index is 0.877. The fourth-order valence-corrected chi connectivity index (χ4v) is 2.01. The van der Waals surface area contributed by atoms with Crippen molar-refractivity contribution in [2.75, 3.05) is 6.54 Å². The third-order valence-electron chi connectivity index (χ3n) is 2.46. The van der Waals surface area contributed by atoms with Gasteiger partial charge in [-0.05, 0) is 31.2 Å². The van der Waals surface area contributed by atoms with Crippen molar-refractivity contribution in [3.05, 3.63) is 46.7 Å². The van der Waals surface area contributed by atoms with Crippen molar-refractivity contribution in [3.8, 4) is 5.69 Å². The molecule has 2 rings (SSSR count). The van der Waals surface area contributed by atoms with Crippen LogP contribution in [-0.2, 0) is 6.54 Å². The average Bonchev–Trinajstić information content (AvgIpc) is 2.78. The molecule has 1 heterocycles. The Kier molecular flexibility index (Phi) is 4.34. The molecule has 17 heavy (non-hydrogen) atoms. The molecule has 0 atom stereocenters. The zero-order chi connectivity index (χ0) is 12.1. The lowest BCUT2D eigenvalue weighted by Crippen LogP contribution is -2.13. The van der Waals surface area contributed by atoms with Gasteiger partial charge in [0.1, 0.15) is 0 Å². The molecule has 0 aliphatic carbocycles. The predicted octanol–water partition coefficient (Wildman–Crippen LogP) is 3.13. The molecule has 0 aliphatic rings. The van der Waals surface area contributed by atoms with E-state index >= 15 is 0 Å². The van der Waals surface area contributed by atoms with Crippen LogP contribution in [0, 0.1) is 0 Å². The number of halogens is 1. The van der Waals surface area contributed by atoms with Crippen LogP contribution in [0.3, 0.4) is 0 Å². The van der Waals surface area contributed by atoms with Crippen LogP contribution in [0.2, 0.25) is 0 Å². The van der Waals surface area contributed by atoms with Crippen LogP contribution in [-0.4, -0.2) is 16.3 Å². The van der Waals surface area contributed by atoms with Crippen LogP contribution in [0.15, 0.2) is 41.1 Å². The van der Waals surface area contributed by atoms with Gasteiger partial charge in [0.25, 0.3) is 0 Å². The first-order chi connectivity index (χ1) is 8.29. The van der Waals surface area contributed by atoms with E-state index in [1.165, 1.54) is 5.56 Å². The molecular formula is C13H16BrN3. The van der Waals surface area contributed by atoms with Crippen LogP contribution in [0.5, 0.6) is 0 Å². The Morgan fingerprint density at radius 2 is 2.29 bits per heavy atom. The van der Waals surface area contributed by atoms with Gasteiger partial charge in [-0.15, -0.1) is 0 Å². The molecule has 0 amide bonds. The van der Waals surface area contributed by atoms with E-state index in [9.17, 15) is 0 Å².